The van der Waals surface area contributed by atoms with E-state index in [4.69, 9.17) is 5.26 Å². The van der Waals surface area contributed by atoms with Gasteiger partial charge >= 0.3 is 0 Å². The van der Waals surface area contributed by atoms with Gasteiger partial charge in [0.1, 0.15) is 0 Å². The zero-order valence-corrected chi connectivity index (χ0v) is 6.15. The molecule has 0 fully saturated rings. The molecule has 0 amide bonds. The van der Waals surface area contributed by atoms with Crippen LogP contribution in [0.3, 0.4) is 0 Å². The van der Waals surface area contributed by atoms with E-state index in [2.05, 4.69) is 10.2 Å². The minimum absolute atomic E-state index is 0.706. The Hall–Kier alpha value is -1.69. The van der Waals surface area contributed by atoms with Crippen LogP contribution in [0.15, 0.2) is 18.2 Å². The molecule has 0 bridgehead atoms. The monoisotopic (exact) mass is 145 g/mol. The molecule has 3 nitrogen and oxygen atoms in total. The maximum absolute atomic E-state index is 8.20. The van der Waals surface area contributed by atoms with Crippen LogP contribution >= 0.6 is 0 Å². The van der Waals surface area contributed by atoms with Crippen molar-refractivity contribution in [3.8, 4) is 6.07 Å². The van der Waals surface area contributed by atoms with Gasteiger partial charge in [-0.15, -0.1) is 0 Å². The predicted octanol–water partition coefficient (Wildman–Crippen LogP) is 1.32. The Balaban J connectivity index is 2.84. The summed E-state index contributed by atoms with van der Waals surface area (Å²) in [5.74, 6) is 0. The molecule has 1 aromatic heterocycles. The number of hydrogen-bond acceptors (Lipinski definition) is 3. The van der Waals surface area contributed by atoms with Crippen LogP contribution in [0.4, 0.5) is 0 Å². The minimum atomic E-state index is 0.706. The zero-order chi connectivity index (χ0) is 8.10. The molecule has 0 aliphatic rings. The molecule has 0 radical (unpaired) electrons. The average Bonchev–Trinajstić information content (AvgIpc) is 2.04. The van der Waals surface area contributed by atoms with E-state index in [1.165, 1.54) is 6.08 Å². The first-order valence-electron chi connectivity index (χ1n) is 3.19. The van der Waals surface area contributed by atoms with Crippen molar-refractivity contribution in [3.05, 3.63) is 29.6 Å². The van der Waals surface area contributed by atoms with Crippen LogP contribution in [-0.4, -0.2) is 10.2 Å². The van der Waals surface area contributed by atoms with Crippen molar-refractivity contribution in [3.63, 3.8) is 0 Å². The van der Waals surface area contributed by atoms with Crippen molar-refractivity contribution >= 4 is 6.08 Å². The molecule has 0 saturated heterocycles. The van der Waals surface area contributed by atoms with Crippen molar-refractivity contribution in [1.82, 2.24) is 10.2 Å². The normalized spacial score (nSPS) is 9.82. The van der Waals surface area contributed by atoms with Crippen molar-refractivity contribution in [1.29, 1.82) is 5.26 Å². The van der Waals surface area contributed by atoms with E-state index in [9.17, 15) is 0 Å². The van der Waals surface area contributed by atoms with Crippen molar-refractivity contribution in [2.24, 2.45) is 0 Å². The highest BCUT2D eigenvalue weighted by Gasteiger charge is 1.87. The summed E-state index contributed by atoms with van der Waals surface area (Å²) in [6.45, 7) is 1.87. The second-order valence-corrected chi connectivity index (χ2v) is 2.06. The SMILES string of the molecule is Cc1ccc(C=CC#N)nn1. The molecular weight excluding hydrogens is 138 g/mol. The average molecular weight is 145 g/mol. The second kappa shape index (κ2) is 3.47. The molecule has 0 unspecified atom stereocenters. The highest BCUT2D eigenvalue weighted by molar-refractivity contribution is 5.46. The van der Waals surface area contributed by atoms with Gasteiger partial charge in [0.05, 0.1) is 17.5 Å². The van der Waals surface area contributed by atoms with Crippen molar-refractivity contribution < 1.29 is 0 Å². The van der Waals surface area contributed by atoms with E-state index in [0.29, 0.717) is 5.69 Å². The molecule has 11 heavy (non-hydrogen) atoms. The van der Waals surface area contributed by atoms with Gasteiger partial charge in [-0.2, -0.15) is 15.5 Å². The molecular formula is C8H7N3. The summed E-state index contributed by atoms with van der Waals surface area (Å²) in [7, 11) is 0. The van der Waals surface area contributed by atoms with Gasteiger partial charge < -0.3 is 0 Å². The highest BCUT2D eigenvalue weighted by atomic mass is 15.1. The fraction of sp³-hybridized carbons (Fsp3) is 0.125. The van der Waals surface area contributed by atoms with Gasteiger partial charge in [0.2, 0.25) is 0 Å². The number of aromatic nitrogens is 2. The summed E-state index contributed by atoms with van der Waals surface area (Å²) >= 11 is 0. The molecule has 1 heterocycles. The van der Waals surface area contributed by atoms with E-state index in [-0.39, 0.29) is 0 Å². The molecule has 3 heteroatoms. The largest absolute Gasteiger partial charge is 0.193 e. The maximum Gasteiger partial charge on any atom is 0.0912 e. The lowest BCUT2D eigenvalue weighted by atomic mass is 10.3. The fourth-order valence-corrected chi connectivity index (χ4v) is 0.621. The Morgan fingerprint density at radius 2 is 2.27 bits per heavy atom. The van der Waals surface area contributed by atoms with Gasteiger partial charge in [-0.3, -0.25) is 0 Å². The van der Waals surface area contributed by atoms with E-state index in [1.54, 1.807) is 6.08 Å². The van der Waals surface area contributed by atoms with Gasteiger partial charge in [-0.1, -0.05) is 0 Å². The lowest BCUT2D eigenvalue weighted by molar-refractivity contribution is 0.969. The Kier molecular flexibility index (Phi) is 2.34. The summed E-state index contributed by atoms with van der Waals surface area (Å²) < 4.78 is 0. The first-order chi connectivity index (χ1) is 5.33. The molecule has 0 aromatic carbocycles. The van der Waals surface area contributed by atoms with E-state index in [1.807, 2.05) is 25.1 Å². The van der Waals surface area contributed by atoms with Crippen LogP contribution < -0.4 is 0 Å². The zero-order valence-electron chi connectivity index (χ0n) is 6.15. The second-order valence-electron chi connectivity index (χ2n) is 2.06. The minimum Gasteiger partial charge on any atom is -0.193 e. The molecule has 0 N–H and O–H groups in total. The number of nitrogens with zero attached hydrogens (tertiary/aromatic N) is 3. The number of nitriles is 1. The predicted molar refractivity (Wildman–Crippen MR) is 41.4 cm³/mol. The Labute approximate surface area is 65.0 Å². The van der Waals surface area contributed by atoms with Crippen molar-refractivity contribution in [2.45, 2.75) is 6.92 Å². The quantitative estimate of drug-likeness (QED) is 0.560. The molecule has 0 spiro atoms. The highest BCUT2D eigenvalue weighted by Crippen LogP contribution is 1.96. The standard InChI is InChI=1S/C8H7N3/c1-7-4-5-8(11-10-7)3-2-6-9/h2-5H,1H3. The molecule has 0 aliphatic carbocycles. The van der Waals surface area contributed by atoms with Crippen LogP contribution in [0.25, 0.3) is 6.08 Å². The molecule has 0 saturated carbocycles. The van der Waals surface area contributed by atoms with Crippen LogP contribution in [-0.2, 0) is 0 Å². The van der Waals surface area contributed by atoms with Crippen LogP contribution in [0, 0.1) is 18.3 Å². The van der Waals surface area contributed by atoms with Gasteiger partial charge in [-0.25, -0.2) is 0 Å². The molecule has 1 rings (SSSR count). The van der Waals surface area contributed by atoms with Gasteiger partial charge in [0.15, 0.2) is 0 Å². The summed E-state index contributed by atoms with van der Waals surface area (Å²) in [5, 5.41) is 15.8. The Morgan fingerprint density at radius 3 is 2.82 bits per heavy atom. The Morgan fingerprint density at radius 1 is 1.45 bits per heavy atom. The lowest BCUT2D eigenvalue weighted by Crippen LogP contribution is -1.87. The molecule has 54 valence electrons. The van der Waals surface area contributed by atoms with E-state index >= 15 is 0 Å². The summed E-state index contributed by atoms with van der Waals surface area (Å²) in [4.78, 5) is 0. The first kappa shape index (κ1) is 7.42. The third-order valence-electron chi connectivity index (χ3n) is 1.15. The van der Waals surface area contributed by atoms with Gasteiger partial charge in [0, 0.05) is 6.08 Å². The first-order valence-corrected chi connectivity index (χ1v) is 3.19. The third-order valence-corrected chi connectivity index (χ3v) is 1.15. The van der Waals surface area contributed by atoms with Gasteiger partial charge in [-0.05, 0) is 25.1 Å². The number of aryl methyl sites for hydroxylation is 1. The fourth-order valence-electron chi connectivity index (χ4n) is 0.621. The van der Waals surface area contributed by atoms with Crippen LogP contribution in [0.2, 0.25) is 0 Å². The smallest absolute Gasteiger partial charge is 0.0912 e. The van der Waals surface area contributed by atoms with Crippen LogP contribution in [0.5, 0.6) is 0 Å². The number of hydrogen-bond donors (Lipinski definition) is 0. The summed E-state index contributed by atoms with van der Waals surface area (Å²) in [6, 6.07) is 5.55. The van der Waals surface area contributed by atoms with Crippen molar-refractivity contribution in [2.75, 3.05) is 0 Å². The van der Waals surface area contributed by atoms with Crippen LogP contribution in [0.1, 0.15) is 11.4 Å². The molecule has 0 aliphatic heterocycles. The van der Waals surface area contributed by atoms with E-state index in [0.717, 1.165) is 5.69 Å². The summed E-state index contributed by atoms with van der Waals surface area (Å²) in [6.07, 6.45) is 2.99. The maximum atomic E-state index is 8.20. The number of allylic oxidation sites excluding steroid dienone is 1. The van der Waals surface area contributed by atoms with E-state index < -0.39 is 0 Å². The molecule has 0 atom stereocenters. The third kappa shape index (κ3) is 2.18. The summed E-state index contributed by atoms with van der Waals surface area (Å²) in [5.41, 5.74) is 1.58. The van der Waals surface area contributed by atoms with Gasteiger partial charge in [0.25, 0.3) is 0 Å². The Bertz CT molecular complexity index is 292. The molecule has 1 aromatic rings. The topological polar surface area (TPSA) is 49.6 Å². The number of rotatable bonds is 1. The lowest BCUT2D eigenvalue weighted by Gasteiger charge is -1.89.